The highest BCUT2D eigenvalue weighted by Crippen LogP contribution is 2.51. The summed E-state index contributed by atoms with van der Waals surface area (Å²) in [6.45, 7) is 0. The molecule has 1 heteroatoms. The Hall–Kier alpha value is -8.10. The summed E-state index contributed by atoms with van der Waals surface area (Å²) >= 11 is 1.89. The van der Waals surface area contributed by atoms with E-state index in [0.29, 0.717) is 0 Å². The van der Waals surface area contributed by atoms with Crippen LogP contribution in [0.15, 0.2) is 231 Å². The van der Waals surface area contributed by atoms with E-state index in [4.69, 9.17) is 0 Å². The maximum absolute atomic E-state index is 2.48. The molecule has 1 aromatic heterocycles. The van der Waals surface area contributed by atoms with Crippen LogP contribution in [-0.2, 0) is 0 Å². The molecule has 14 aromatic rings. The Morgan fingerprint density at radius 3 is 1.17 bits per heavy atom. The Bertz CT molecular complexity index is 4150. The maximum atomic E-state index is 2.48. The standard InChI is InChI=1S/C64H38S/c1-2-17-39(18-3-1)40-19-16-20-41(37-40)59-46-23-6-10-27-50(46)61(51-28-11-7-24-47(51)59)62-52-29-12-8-25-48(52)60(49-26-9-13-30-53(49)62)42-33-34-44-54-35-36-58-64(55-31-14-15-32-57(55)65-58)63(54)45-22-5-4-21-43(45)56(44)38-42/h1-38H. The summed E-state index contributed by atoms with van der Waals surface area (Å²) in [5, 5.41) is 20.6. The van der Waals surface area contributed by atoms with Crippen LogP contribution in [0, 0.1) is 0 Å². The molecule has 0 radical (unpaired) electrons. The fourth-order valence-electron chi connectivity index (χ4n) is 11.3. The van der Waals surface area contributed by atoms with E-state index in [1.165, 1.54) is 140 Å². The van der Waals surface area contributed by atoms with Gasteiger partial charge in [-0.25, -0.2) is 0 Å². The van der Waals surface area contributed by atoms with Gasteiger partial charge >= 0.3 is 0 Å². The minimum Gasteiger partial charge on any atom is -0.135 e. The van der Waals surface area contributed by atoms with E-state index in [0.717, 1.165) is 0 Å². The normalized spacial score (nSPS) is 12.0. The van der Waals surface area contributed by atoms with Gasteiger partial charge in [0.25, 0.3) is 0 Å². The predicted octanol–water partition coefficient (Wildman–Crippen LogP) is 18.8. The van der Waals surface area contributed by atoms with Crippen LogP contribution in [0.3, 0.4) is 0 Å². The average molecular weight is 839 g/mol. The van der Waals surface area contributed by atoms with Crippen molar-refractivity contribution in [2.75, 3.05) is 0 Å². The number of fused-ring (bicyclic) bond motifs is 14. The Morgan fingerprint density at radius 1 is 0.185 bits per heavy atom. The molecule has 0 unspecified atom stereocenters. The van der Waals surface area contributed by atoms with Crippen LogP contribution in [-0.4, -0.2) is 0 Å². The van der Waals surface area contributed by atoms with Gasteiger partial charge in [0.2, 0.25) is 0 Å². The Morgan fingerprint density at radius 2 is 0.585 bits per heavy atom. The minimum atomic E-state index is 1.22. The smallest absolute Gasteiger partial charge is 0.0362 e. The van der Waals surface area contributed by atoms with Gasteiger partial charge in [-0.2, -0.15) is 0 Å². The quantitative estimate of drug-likeness (QED) is 0.122. The summed E-state index contributed by atoms with van der Waals surface area (Å²) in [5.41, 5.74) is 9.99. The first kappa shape index (κ1) is 36.4. The van der Waals surface area contributed by atoms with E-state index >= 15 is 0 Å². The zero-order valence-electron chi connectivity index (χ0n) is 35.3. The van der Waals surface area contributed by atoms with Crippen molar-refractivity contribution in [3.8, 4) is 44.5 Å². The third-order valence-corrected chi connectivity index (χ3v) is 15.1. The summed E-state index contributed by atoms with van der Waals surface area (Å²) in [6, 6.07) is 86.0. The summed E-state index contributed by atoms with van der Waals surface area (Å²) < 4.78 is 2.67. The Kier molecular flexibility index (Phi) is 7.95. The highest BCUT2D eigenvalue weighted by Gasteiger charge is 2.23. The molecule has 0 bridgehead atoms. The lowest BCUT2D eigenvalue weighted by Crippen LogP contribution is -1.95. The molecule has 0 saturated carbocycles. The van der Waals surface area contributed by atoms with Crippen molar-refractivity contribution in [1.82, 2.24) is 0 Å². The molecule has 0 amide bonds. The monoisotopic (exact) mass is 838 g/mol. The lowest BCUT2D eigenvalue weighted by Gasteiger charge is -2.22. The molecule has 65 heavy (non-hydrogen) atoms. The van der Waals surface area contributed by atoms with Gasteiger partial charge in [-0.15, -0.1) is 11.3 Å². The Labute approximate surface area is 379 Å². The van der Waals surface area contributed by atoms with Crippen molar-refractivity contribution < 1.29 is 0 Å². The second kappa shape index (κ2) is 14.2. The molecule has 0 nitrogen and oxygen atoms in total. The number of rotatable bonds is 4. The second-order valence-electron chi connectivity index (χ2n) is 17.4. The average Bonchev–Trinajstić information content (AvgIpc) is 3.76. The molecule has 0 saturated heterocycles. The molecule has 300 valence electrons. The predicted molar refractivity (Wildman–Crippen MR) is 284 cm³/mol. The first-order valence-corrected chi connectivity index (χ1v) is 23.3. The van der Waals surface area contributed by atoms with Gasteiger partial charge in [0.05, 0.1) is 0 Å². The number of hydrogen-bond donors (Lipinski definition) is 0. The molecular formula is C64H38S. The number of hydrogen-bond acceptors (Lipinski definition) is 1. The van der Waals surface area contributed by atoms with Crippen LogP contribution in [0.5, 0.6) is 0 Å². The van der Waals surface area contributed by atoms with E-state index in [9.17, 15) is 0 Å². The zero-order valence-corrected chi connectivity index (χ0v) is 36.2. The molecule has 0 aliphatic rings. The first-order valence-electron chi connectivity index (χ1n) is 22.5. The van der Waals surface area contributed by atoms with Crippen LogP contribution in [0.1, 0.15) is 0 Å². The molecule has 0 aliphatic carbocycles. The fourth-order valence-corrected chi connectivity index (χ4v) is 12.4. The van der Waals surface area contributed by atoms with Crippen molar-refractivity contribution in [3.05, 3.63) is 231 Å². The highest BCUT2D eigenvalue weighted by atomic mass is 32.1. The van der Waals surface area contributed by atoms with Crippen molar-refractivity contribution >= 4 is 107 Å². The molecule has 0 atom stereocenters. The minimum absolute atomic E-state index is 1.22. The van der Waals surface area contributed by atoms with E-state index < -0.39 is 0 Å². The number of benzene rings is 13. The van der Waals surface area contributed by atoms with Crippen molar-refractivity contribution in [3.63, 3.8) is 0 Å². The molecule has 0 aliphatic heterocycles. The van der Waals surface area contributed by atoms with Gasteiger partial charge in [0, 0.05) is 20.2 Å². The van der Waals surface area contributed by atoms with E-state index in [1.54, 1.807) is 0 Å². The highest BCUT2D eigenvalue weighted by molar-refractivity contribution is 7.26. The molecule has 0 N–H and O–H groups in total. The fraction of sp³-hybridized carbons (Fsp3) is 0. The van der Waals surface area contributed by atoms with Crippen LogP contribution in [0.25, 0.3) is 140 Å². The van der Waals surface area contributed by atoms with Gasteiger partial charge in [-0.3, -0.25) is 0 Å². The number of thiophene rings is 1. The third-order valence-electron chi connectivity index (χ3n) is 14.0. The van der Waals surface area contributed by atoms with Crippen LogP contribution >= 0.6 is 11.3 Å². The van der Waals surface area contributed by atoms with Crippen molar-refractivity contribution in [1.29, 1.82) is 0 Å². The molecule has 1 heterocycles. The van der Waals surface area contributed by atoms with E-state index in [-0.39, 0.29) is 0 Å². The summed E-state index contributed by atoms with van der Waals surface area (Å²) in [4.78, 5) is 0. The lowest BCUT2D eigenvalue weighted by atomic mass is 9.80. The van der Waals surface area contributed by atoms with Crippen LogP contribution in [0.2, 0.25) is 0 Å². The topological polar surface area (TPSA) is 0 Å². The summed E-state index contributed by atoms with van der Waals surface area (Å²) in [6.07, 6.45) is 0. The molecule has 13 aromatic carbocycles. The van der Waals surface area contributed by atoms with Gasteiger partial charge in [-0.1, -0.05) is 206 Å². The van der Waals surface area contributed by atoms with Crippen molar-refractivity contribution in [2.24, 2.45) is 0 Å². The first-order chi connectivity index (χ1) is 32.3. The van der Waals surface area contributed by atoms with Gasteiger partial charge < -0.3 is 0 Å². The molecular weight excluding hydrogens is 801 g/mol. The lowest BCUT2D eigenvalue weighted by molar-refractivity contribution is 1.61. The summed E-state index contributed by atoms with van der Waals surface area (Å²) in [5.74, 6) is 0. The maximum Gasteiger partial charge on any atom is 0.0362 e. The molecule has 0 spiro atoms. The SMILES string of the molecule is c1ccc(-c2cccc(-c3c4ccccc4c(-c4c5ccccc5c(-c5ccc6c(c5)c5ccccc5c5c6ccc6sc7ccccc7c65)c5ccccc45)c4ccccc34)c2)cc1. The van der Waals surface area contributed by atoms with E-state index in [1.807, 2.05) is 11.3 Å². The second-order valence-corrected chi connectivity index (χ2v) is 18.5. The third kappa shape index (κ3) is 5.37. The zero-order chi connectivity index (χ0) is 42.6. The van der Waals surface area contributed by atoms with Crippen LogP contribution < -0.4 is 0 Å². The molecule has 0 fully saturated rings. The Balaban J connectivity index is 1.05. The van der Waals surface area contributed by atoms with Gasteiger partial charge in [0.1, 0.15) is 0 Å². The molecule has 14 rings (SSSR count). The summed E-state index contributed by atoms with van der Waals surface area (Å²) in [7, 11) is 0. The van der Waals surface area contributed by atoms with Crippen molar-refractivity contribution in [2.45, 2.75) is 0 Å². The van der Waals surface area contributed by atoms with Crippen LogP contribution in [0.4, 0.5) is 0 Å². The largest absolute Gasteiger partial charge is 0.135 e. The van der Waals surface area contributed by atoms with Gasteiger partial charge in [0.15, 0.2) is 0 Å². The van der Waals surface area contributed by atoms with E-state index in [2.05, 4.69) is 231 Å². The van der Waals surface area contributed by atoms with Gasteiger partial charge in [-0.05, 0) is 144 Å².